The summed E-state index contributed by atoms with van der Waals surface area (Å²) in [4.78, 5) is 25.0. The summed E-state index contributed by atoms with van der Waals surface area (Å²) in [5.41, 5.74) is -0.0298. The minimum Gasteiger partial charge on any atom is -0.469 e. The van der Waals surface area contributed by atoms with Crippen molar-refractivity contribution in [3.05, 3.63) is 24.0 Å². The van der Waals surface area contributed by atoms with Crippen molar-refractivity contribution in [3.63, 3.8) is 0 Å². The van der Waals surface area contributed by atoms with Crippen LogP contribution in [0.1, 0.15) is 16.9 Å². The number of rotatable bonds is 3. The summed E-state index contributed by atoms with van der Waals surface area (Å²) >= 11 is 0. The molecule has 1 aromatic rings. The van der Waals surface area contributed by atoms with Gasteiger partial charge in [0.05, 0.1) is 13.0 Å². The molecule has 5 nitrogen and oxygen atoms in total. The summed E-state index contributed by atoms with van der Waals surface area (Å²) < 4.78 is 42.8. The van der Waals surface area contributed by atoms with Gasteiger partial charge in [0.15, 0.2) is 0 Å². The van der Waals surface area contributed by atoms with Crippen LogP contribution in [0, 0.1) is 5.92 Å². The minimum atomic E-state index is -4.40. The number of alkyl halides is 3. The predicted octanol–water partition coefficient (Wildman–Crippen LogP) is 1.69. The summed E-state index contributed by atoms with van der Waals surface area (Å²) in [6, 6.07) is 2.74. The number of aromatic nitrogens is 1. The van der Waals surface area contributed by atoms with Gasteiger partial charge in [0.1, 0.15) is 12.2 Å². The van der Waals surface area contributed by atoms with Crippen molar-refractivity contribution in [2.75, 3.05) is 20.2 Å². The first-order valence-electron chi connectivity index (χ1n) is 6.41. The Morgan fingerprint density at radius 3 is 2.76 bits per heavy atom. The van der Waals surface area contributed by atoms with Crippen molar-refractivity contribution in [2.45, 2.75) is 19.1 Å². The van der Waals surface area contributed by atoms with Gasteiger partial charge in [0.25, 0.3) is 5.91 Å². The van der Waals surface area contributed by atoms with Crippen LogP contribution in [-0.2, 0) is 16.1 Å². The molecule has 0 spiro atoms. The SMILES string of the molecule is COC(=O)C1CCN(C(=O)c2cccn2CC(F)(F)F)C1. The molecule has 2 heterocycles. The third-order valence-electron chi connectivity index (χ3n) is 3.41. The molecule has 1 unspecified atom stereocenters. The third kappa shape index (κ3) is 3.56. The molecule has 0 N–H and O–H groups in total. The molecule has 21 heavy (non-hydrogen) atoms. The van der Waals surface area contributed by atoms with E-state index in [-0.39, 0.29) is 12.2 Å². The van der Waals surface area contributed by atoms with Gasteiger partial charge in [-0.3, -0.25) is 9.59 Å². The van der Waals surface area contributed by atoms with Crippen molar-refractivity contribution in [3.8, 4) is 0 Å². The molecule has 0 bridgehead atoms. The first-order valence-corrected chi connectivity index (χ1v) is 6.41. The van der Waals surface area contributed by atoms with Gasteiger partial charge in [-0.15, -0.1) is 0 Å². The lowest BCUT2D eigenvalue weighted by molar-refractivity contribution is -0.144. The summed E-state index contributed by atoms with van der Waals surface area (Å²) in [6.45, 7) is -0.714. The molecule has 1 aromatic heterocycles. The smallest absolute Gasteiger partial charge is 0.406 e. The molecule has 116 valence electrons. The van der Waals surface area contributed by atoms with Crippen molar-refractivity contribution in [1.82, 2.24) is 9.47 Å². The fourth-order valence-electron chi connectivity index (χ4n) is 2.41. The van der Waals surface area contributed by atoms with E-state index in [4.69, 9.17) is 0 Å². The van der Waals surface area contributed by atoms with E-state index < -0.39 is 30.5 Å². The van der Waals surface area contributed by atoms with Crippen LogP contribution in [0.15, 0.2) is 18.3 Å². The average molecular weight is 304 g/mol. The molecule has 0 aromatic carbocycles. The Labute approximate surface area is 119 Å². The molecule has 0 saturated carbocycles. The molecular weight excluding hydrogens is 289 g/mol. The zero-order valence-corrected chi connectivity index (χ0v) is 11.4. The predicted molar refractivity (Wildman–Crippen MR) is 66.5 cm³/mol. The maximum atomic E-state index is 12.4. The normalized spacial score (nSPS) is 18.9. The number of halogens is 3. The zero-order valence-electron chi connectivity index (χ0n) is 11.4. The molecule has 8 heteroatoms. The molecular formula is C13H15F3N2O3. The van der Waals surface area contributed by atoms with Gasteiger partial charge in [-0.2, -0.15) is 13.2 Å². The quantitative estimate of drug-likeness (QED) is 0.799. The third-order valence-corrected chi connectivity index (χ3v) is 3.41. The van der Waals surface area contributed by atoms with Gasteiger partial charge in [0, 0.05) is 19.3 Å². The molecule has 1 atom stereocenters. The lowest BCUT2D eigenvalue weighted by Gasteiger charge is -2.18. The summed E-state index contributed by atoms with van der Waals surface area (Å²) in [5.74, 6) is -1.32. The van der Waals surface area contributed by atoms with Gasteiger partial charge in [-0.05, 0) is 18.6 Å². The van der Waals surface area contributed by atoms with E-state index in [2.05, 4.69) is 4.74 Å². The number of esters is 1. The number of carbonyl (C=O) groups is 2. The maximum absolute atomic E-state index is 12.4. The van der Waals surface area contributed by atoms with Crippen LogP contribution in [0.2, 0.25) is 0 Å². The molecule has 1 saturated heterocycles. The molecule has 1 fully saturated rings. The molecule has 2 rings (SSSR count). The number of amides is 1. The Balaban J connectivity index is 2.08. The first kappa shape index (κ1) is 15.4. The number of likely N-dealkylation sites (tertiary alicyclic amines) is 1. The van der Waals surface area contributed by atoms with Crippen LogP contribution in [0.5, 0.6) is 0 Å². The monoisotopic (exact) mass is 304 g/mol. The number of methoxy groups -OCH3 is 1. The Kier molecular flexibility index (Phi) is 4.24. The zero-order chi connectivity index (χ0) is 15.6. The molecule has 1 aliphatic heterocycles. The van der Waals surface area contributed by atoms with Gasteiger partial charge < -0.3 is 14.2 Å². The Morgan fingerprint density at radius 2 is 2.14 bits per heavy atom. The molecule has 0 aliphatic carbocycles. The second kappa shape index (κ2) is 5.79. The molecule has 1 amide bonds. The highest BCUT2D eigenvalue weighted by Gasteiger charge is 2.34. The number of hydrogen-bond donors (Lipinski definition) is 0. The van der Waals surface area contributed by atoms with Crippen LogP contribution in [0.4, 0.5) is 13.2 Å². The van der Waals surface area contributed by atoms with Gasteiger partial charge in [-0.25, -0.2) is 0 Å². The van der Waals surface area contributed by atoms with E-state index in [1.54, 1.807) is 0 Å². The van der Waals surface area contributed by atoms with Crippen LogP contribution in [0.3, 0.4) is 0 Å². The Hall–Kier alpha value is -1.99. The van der Waals surface area contributed by atoms with Crippen molar-refractivity contribution < 1.29 is 27.5 Å². The summed E-state index contributed by atoms with van der Waals surface area (Å²) in [6.07, 6.45) is -2.72. The van der Waals surface area contributed by atoms with Gasteiger partial charge in [-0.1, -0.05) is 0 Å². The lowest BCUT2D eigenvalue weighted by atomic mass is 10.1. The van der Waals surface area contributed by atoms with E-state index in [0.717, 1.165) is 4.57 Å². The van der Waals surface area contributed by atoms with E-state index >= 15 is 0 Å². The highest BCUT2D eigenvalue weighted by Crippen LogP contribution is 2.22. The van der Waals surface area contributed by atoms with Crippen LogP contribution >= 0.6 is 0 Å². The fraction of sp³-hybridized carbons (Fsp3) is 0.538. The number of carbonyl (C=O) groups excluding carboxylic acids is 2. The number of ether oxygens (including phenoxy) is 1. The van der Waals surface area contributed by atoms with Crippen LogP contribution < -0.4 is 0 Å². The maximum Gasteiger partial charge on any atom is 0.406 e. The summed E-state index contributed by atoms with van der Waals surface area (Å²) in [5, 5.41) is 0. The van der Waals surface area contributed by atoms with Crippen LogP contribution in [-0.4, -0.2) is 47.7 Å². The Bertz CT molecular complexity index is 539. The van der Waals surface area contributed by atoms with E-state index in [1.165, 1.54) is 30.3 Å². The van der Waals surface area contributed by atoms with Crippen molar-refractivity contribution >= 4 is 11.9 Å². The highest BCUT2D eigenvalue weighted by atomic mass is 19.4. The Morgan fingerprint density at radius 1 is 1.43 bits per heavy atom. The van der Waals surface area contributed by atoms with E-state index in [1.807, 2.05) is 0 Å². The molecule has 0 radical (unpaired) electrons. The standard InChI is InChI=1S/C13H15F3N2O3/c1-21-12(20)9-4-6-17(7-9)11(19)10-3-2-5-18(10)8-13(14,15)16/h2-3,5,9H,4,6-8H2,1H3. The molecule has 1 aliphatic rings. The van der Waals surface area contributed by atoms with Crippen molar-refractivity contribution in [1.29, 1.82) is 0 Å². The summed E-state index contributed by atoms with van der Waals surface area (Å²) in [7, 11) is 1.27. The van der Waals surface area contributed by atoms with E-state index in [9.17, 15) is 22.8 Å². The minimum absolute atomic E-state index is 0.0298. The van der Waals surface area contributed by atoms with Gasteiger partial charge >= 0.3 is 12.1 Å². The largest absolute Gasteiger partial charge is 0.469 e. The average Bonchev–Trinajstić information content (AvgIpc) is 3.04. The lowest BCUT2D eigenvalue weighted by Crippen LogP contribution is -2.32. The number of hydrogen-bond acceptors (Lipinski definition) is 3. The highest BCUT2D eigenvalue weighted by molar-refractivity contribution is 5.93. The van der Waals surface area contributed by atoms with Crippen molar-refractivity contribution in [2.24, 2.45) is 5.92 Å². The first-order chi connectivity index (χ1) is 9.81. The topological polar surface area (TPSA) is 51.5 Å². The van der Waals surface area contributed by atoms with Crippen LogP contribution in [0.25, 0.3) is 0 Å². The van der Waals surface area contributed by atoms with E-state index in [0.29, 0.717) is 13.0 Å². The van der Waals surface area contributed by atoms with Gasteiger partial charge in [0.2, 0.25) is 0 Å². The fourth-order valence-corrected chi connectivity index (χ4v) is 2.41. The second-order valence-corrected chi connectivity index (χ2v) is 4.90. The second-order valence-electron chi connectivity index (χ2n) is 4.90. The number of nitrogens with zero attached hydrogens (tertiary/aromatic N) is 2.